The van der Waals surface area contributed by atoms with Crippen LogP contribution in [0.25, 0.3) is 12.2 Å². The van der Waals surface area contributed by atoms with Crippen molar-refractivity contribution in [3.05, 3.63) is 59.7 Å². The maximum Gasteiger partial charge on any atom is 0.204 e. The van der Waals surface area contributed by atoms with Gasteiger partial charge < -0.3 is 9.84 Å². The summed E-state index contributed by atoms with van der Waals surface area (Å²) < 4.78 is 30.6. The van der Waals surface area contributed by atoms with Gasteiger partial charge in [-0.05, 0) is 48.2 Å². The standard InChI is InChI=1S/C32H48O4S/c1-3-5-6-7-8-9-10-11-12-13-14-15-27-36-30-23-19-28(20-24-30)17-18-29-21-25-31(26-22-29)37(34,35)32(33)16-4-2/h17-26,32-33H,3-16,27H2,1-2H3. The number of sulfone groups is 1. The van der Waals surface area contributed by atoms with E-state index in [1.54, 1.807) is 24.3 Å². The first-order valence-electron chi connectivity index (χ1n) is 14.4. The van der Waals surface area contributed by atoms with Gasteiger partial charge in [-0.1, -0.05) is 127 Å². The summed E-state index contributed by atoms with van der Waals surface area (Å²) in [6.07, 6.45) is 20.9. The predicted octanol–water partition coefficient (Wildman–Crippen LogP) is 8.83. The molecule has 0 aromatic heterocycles. The van der Waals surface area contributed by atoms with E-state index in [0.717, 1.165) is 29.9 Å². The lowest BCUT2D eigenvalue weighted by atomic mass is 10.1. The molecule has 4 nitrogen and oxygen atoms in total. The molecule has 0 bridgehead atoms. The topological polar surface area (TPSA) is 63.6 Å². The molecule has 206 valence electrons. The molecule has 0 saturated carbocycles. The fraction of sp³-hybridized carbons (Fsp3) is 0.562. The predicted molar refractivity (Wildman–Crippen MR) is 156 cm³/mol. The summed E-state index contributed by atoms with van der Waals surface area (Å²) in [5.41, 5.74) is 0.600. The SMILES string of the molecule is CCCCCCCCCCCCCCOc1ccc(C=Cc2ccc(S(=O)(=O)C(O)CCC)cc2)cc1. The molecule has 1 N–H and O–H groups in total. The highest BCUT2D eigenvalue weighted by atomic mass is 32.2. The van der Waals surface area contributed by atoms with Crippen molar-refractivity contribution < 1.29 is 18.3 Å². The molecule has 0 radical (unpaired) electrons. The molecule has 0 aliphatic heterocycles. The lowest BCUT2D eigenvalue weighted by molar-refractivity contribution is 0.237. The number of aliphatic hydroxyl groups excluding tert-OH is 1. The largest absolute Gasteiger partial charge is 0.494 e. The summed E-state index contributed by atoms with van der Waals surface area (Å²) in [6, 6.07) is 14.7. The van der Waals surface area contributed by atoms with Crippen LogP contribution in [-0.4, -0.2) is 25.6 Å². The van der Waals surface area contributed by atoms with Crippen molar-refractivity contribution in [3.8, 4) is 5.75 Å². The molecule has 0 heterocycles. The molecule has 0 amide bonds. The van der Waals surface area contributed by atoms with Gasteiger partial charge in [0.05, 0.1) is 11.5 Å². The van der Waals surface area contributed by atoms with Crippen molar-refractivity contribution in [1.82, 2.24) is 0 Å². The van der Waals surface area contributed by atoms with Gasteiger partial charge in [0, 0.05) is 0 Å². The van der Waals surface area contributed by atoms with E-state index >= 15 is 0 Å². The van der Waals surface area contributed by atoms with Gasteiger partial charge >= 0.3 is 0 Å². The Morgan fingerprint density at radius 2 is 1.14 bits per heavy atom. The quantitative estimate of drug-likeness (QED) is 0.138. The molecule has 0 fully saturated rings. The summed E-state index contributed by atoms with van der Waals surface area (Å²) in [4.78, 5) is 0.153. The molecule has 0 spiro atoms. The summed E-state index contributed by atoms with van der Waals surface area (Å²) in [7, 11) is -3.69. The first-order valence-corrected chi connectivity index (χ1v) is 15.9. The Morgan fingerprint density at radius 3 is 1.62 bits per heavy atom. The average molecular weight is 529 g/mol. The zero-order chi connectivity index (χ0) is 26.8. The molecule has 0 aliphatic rings. The van der Waals surface area contributed by atoms with Crippen LogP contribution in [0.3, 0.4) is 0 Å². The van der Waals surface area contributed by atoms with E-state index in [-0.39, 0.29) is 11.3 Å². The van der Waals surface area contributed by atoms with Crippen molar-refractivity contribution in [2.45, 2.75) is 114 Å². The first kappa shape index (κ1) is 31.1. The third-order valence-corrected chi connectivity index (χ3v) is 8.60. The van der Waals surface area contributed by atoms with Gasteiger partial charge in [0.2, 0.25) is 9.84 Å². The molecule has 2 aromatic carbocycles. The second-order valence-corrected chi connectivity index (χ2v) is 12.1. The van der Waals surface area contributed by atoms with Gasteiger partial charge in [0.1, 0.15) is 5.75 Å². The van der Waals surface area contributed by atoms with E-state index in [4.69, 9.17) is 4.74 Å². The van der Waals surface area contributed by atoms with E-state index < -0.39 is 15.3 Å². The Hall–Kier alpha value is -2.11. The highest BCUT2D eigenvalue weighted by Crippen LogP contribution is 2.20. The number of benzene rings is 2. The molecule has 2 aromatic rings. The van der Waals surface area contributed by atoms with Crippen molar-refractivity contribution in [1.29, 1.82) is 0 Å². The summed E-state index contributed by atoms with van der Waals surface area (Å²) in [5.74, 6) is 0.889. The first-order chi connectivity index (χ1) is 18.0. The number of unbranched alkanes of at least 4 members (excludes halogenated alkanes) is 11. The number of aliphatic hydroxyl groups is 1. The Morgan fingerprint density at radius 1 is 0.676 bits per heavy atom. The Kier molecular flexibility index (Phi) is 15.3. The van der Waals surface area contributed by atoms with Crippen molar-refractivity contribution in [2.24, 2.45) is 0 Å². The van der Waals surface area contributed by atoms with Crippen molar-refractivity contribution in [3.63, 3.8) is 0 Å². The zero-order valence-electron chi connectivity index (χ0n) is 23.0. The number of hydrogen-bond acceptors (Lipinski definition) is 4. The summed E-state index contributed by atoms with van der Waals surface area (Å²) >= 11 is 0. The zero-order valence-corrected chi connectivity index (χ0v) is 23.9. The van der Waals surface area contributed by atoms with Crippen LogP contribution in [0.5, 0.6) is 5.75 Å². The maximum absolute atomic E-state index is 12.4. The average Bonchev–Trinajstić information content (AvgIpc) is 2.91. The molecule has 1 unspecified atom stereocenters. The third-order valence-electron chi connectivity index (χ3n) is 6.72. The van der Waals surface area contributed by atoms with Crippen LogP contribution in [0.2, 0.25) is 0 Å². The molecule has 5 heteroatoms. The van der Waals surface area contributed by atoms with Crippen LogP contribution < -0.4 is 4.74 Å². The highest BCUT2D eigenvalue weighted by Gasteiger charge is 2.23. The van der Waals surface area contributed by atoms with E-state index in [2.05, 4.69) is 6.92 Å². The third kappa shape index (κ3) is 12.3. The van der Waals surface area contributed by atoms with Gasteiger partial charge in [0.25, 0.3) is 0 Å². The number of ether oxygens (including phenoxy) is 1. The fourth-order valence-electron chi connectivity index (χ4n) is 4.33. The van der Waals surface area contributed by atoms with Gasteiger partial charge in [-0.15, -0.1) is 0 Å². The Labute approximate surface area is 226 Å². The van der Waals surface area contributed by atoms with Gasteiger partial charge in [0.15, 0.2) is 5.44 Å². The van der Waals surface area contributed by atoms with Crippen LogP contribution >= 0.6 is 0 Å². The van der Waals surface area contributed by atoms with Crippen LogP contribution in [0, 0.1) is 0 Å². The highest BCUT2D eigenvalue weighted by molar-refractivity contribution is 7.91. The van der Waals surface area contributed by atoms with Crippen molar-refractivity contribution >= 4 is 22.0 Å². The second kappa shape index (κ2) is 18.2. The van der Waals surface area contributed by atoms with Gasteiger partial charge in [-0.3, -0.25) is 0 Å². The van der Waals surface area contributed by atoms with E-state index in [1.807, 2.05) is 43.3 Å². The second-order valence-electron chi connectivity index (χ2n) is 10.00. The minimum atomic E-state index is -3.69. The lowest BCUT2D eigenvalue weighted by Gasteiger charge is -2.11. The number of rotatable bonds is 20. The Bertz CT molecular complexity index is 978. The van der Waals surface area contributed by atoms with Gasteiger partial charge in [-0.2, -0.15) is 0 Å². The minimum Gasteiger partial charge on any atom is -0.494 e. The fourth-order valence-corrected chi connectivity index (χ4v) is 5.70. The van der Waals surface area contributed by atoms with Crippen LogP contribution in [0.15, 0.2) is 53.4 Å². The molecule has 2 rings (SSSR count). The van der Waals surface area contributed by atoms with Crippen LogP contribution in [-0.2, 0) is 9.84 Å². The normalized spacial score (nSPS) is 12.7. The minimum absolute atomic E-state index is 0.153. The lowest BCUT2D eigenvalue weighted by Crippen LogP contribution is -2.20. The molecule has 37 heavy (non-hydrogen) atoms. The summed E-state index contributed by atoms with van der Waals surface area (Å²) in [6.45, 7) is 4.88. The van der Waals surface area contributed by atoms with E-state index in [0.29, 0.717) is 6.42 Å². The molecule has 1 atom stereocenters. The number of hydrogen-bond donors (Lipinski definition) is 1. The monoisotopic (exact) mass is 528 g/mol. The maximum atomic E-state index is 12.4. The van der Waals surface area contributed by atoms with E-state index in [1.165, 1.54) is 70.6 Å². The van der Waals surface area contributed by atoms with Crippen LogP contribution in [0.4, 0.5) is 0 Å². The van der Waals surface area contributed by atoms with E-state index in [9.17, 15) is 13.5 Å². The molecular weight excluding hydrogens is 480 g/mol. The van der Waals surface area contributed by atoms with Gasteiger partial charge in [-0.25, -0.2) is 8.42 Å². The smallest absolute Gasteiger partial charge is 0.204 e. The molecule has 0 aliphatic carbocycles. The summed E-state index contributed by atoms with van der Waals surface area (Å²) in [5, 5.41) is 9.92. The molecule has 0 saturated heterocycles. The van der Waals surface area contributed by atoms with Crippen LogP contribution in [0.1, 0.15) is 115 Å². The Balaban J connectivity index is 1.62. The van der Waals surface area contributed by atoms with Crippen molar-refractivity contribution in [2.75, 3.05) is 6.61 Å². The molecular formula is C32H48O4S.